The van der Waals surface area contributed by atoms with Crippen molar-refractivity contribution in [3.63, 3.8) is 0 Å². The highest BCUT2D eigenvalue weighted by Gasteiger charge is 2.17. The van der Waals surface area contributed by atoms with Gasteiger partial charge in [0.1, 0.15) is 12.4 Å². The number of anilines is 1. The van der Waals surface area contributed by atoms with Gasteiger partial charge in [0.2, 0.25) is 11.8 Å². The van der Waals surface area contributed by atoms with Gasteiger partial charge in [-0.15, -0.1) is 0 Å². The van der Waals surface area contributed by atoms with Gasteiger partial charge < -0.3 is 14.8 Å². The summed E-state index contributed by atoms with van der Waals surface area (Å²) >= 11 is 0. The molecule has 140 valence electrons. The van der Waals surface area contributed by atoms with Crippen molar-refractivity contribution in [2.75, 3.05) is 18.9 Å². The Labute approximate surface area is 158 Å². The van der Waals surface area contributed by atoms with Crippen molar-refractivity contribution >= 4 is 28.5 Å². The van der Waals surface area contributed by atoms with E-state index in [9.17, 15) is 9.59 Å². The average Bonchev–Trinajstić information content (AvgIpc) is 3.01. The molecule has 1 heterocycles. The van der Waals surface area contributed by atoms with Crippen molar-refractivity contribution in [3.8, 4) is 0 Å². The van der Waals surface area contributed by atoms with E-state index in [4.69, 9.17) is 0 Å². The van der Waals surface area contributed by atoms with E-state index in [-0.39, 0.29) is 24.9 Å². The number of carbonyl (C=O) groups is 2. The molecule has 2 aromatic carbocycles. The van der Waals surface area contributed by atoms with Gasteiger partial charge in [-0.05, 0) is 31.2 Å². The van der Waals surface area contributed by atoms with Gasteiger partial charge in [0, 0.05) is 19.2 Å². The van der Waals surface area contributed by atoms with Crippen LogP contribution < -0.4 is 5.32 Å². The fourth-order valence-corrected chi connectivity index (χ4v) is 2.97. The summed E-state index contributed by atoms with van der Waals surface area (Å²) in [6.07, 6.45) is 0.736. The van der Waals surface area contributed by atoms with Crippen LogP contribution in [0.3, 0.4) is 0 Å². The standard InChI is InChI=1S/C21H24N4O2/c1-4-19-23-17-7-5-6-8-18(17)25(19)14-21(27)24(3)13-20(26)22-16-11-9-15(2)10-12-16/h5-12H,4,13-14H2,1-3H3,(H,22,26). The predicted molar refractivity (Wildman–Crippen MR) is 107 cm³/mol. The molecular weight excluding hydrogens is 340 g/mol. The van der Waals surface area contributed by atoms with Crippen LogP contribution in [0, 0.1) is 6.92 Å². The number of para-hydroxylation sites is 2. The lowest BCUT2D eigenvalue weighted by Crippen LogP contribution is -2.37. The molecule has 0 spiro atoms. The van der Waals surface area contributed by atoms with Crippen molar-refractivity contribution in [3.05, 3.63) is 59.9 Å². The van der Waals surface area contributed by atoms with E-state index < -0.39 is 0 Å². The lowest BCUT2D eigenvalue weighted by atomic mass is 10.2. The molecule has 0 radical (unpaired) electrons. The van der Waals surface area contributed by atoms with Crippen LogP contribution >= 0.6 is 0 Å². The molecule has 3 aromatic rings. The maximum absolute atomic E-state index is 12.7. The molecule has 0 aliphatic rings. The van der Waals surface area contributed by atoms with E-state index >= 15 is 0 Å². The van der Waals surface area contributed by atoms with Crippen LogP contribution in [0.1, 0.15) is 18.3 Å². The Balaban J connectivity index is 1.65. The highest BCUT2D eigenvalue weighted by atomic mass is 16.2. The summed E-state index contributed by atoms with van der Waals surface area (Å²) in [4.78, 5) is 30.9. The summed E-state index contributed by atoms with van der Waals surface area (Å²) in [7, 11) is 1.64. The number of aryl methyl sites for hydroxylation is 2. The Morgan fingerprint density at radius 2 is 1.81 bits per heavy atom. The second-order valence-electron chi connectivity index (χ2n) is 6.62. The van der Waals surface area contributed by atoms with Crippen LogP contribution in [0.4, 0.5) is 5.69 Å². The smallest absolute Gasteiger partial charge is 0.243 e. The predicted octanol–water partition coefficient (Wildman–Crippen LogP) is 3.00. The number of aromatic nitrogens is 2. The van der Waals surface area contributed by atoms with Gasteiger partial charge in [-0.25, -0.2) is 4.98 Å². The zero-order valence-corrected chi connectivity index (χ0v) is 15.9. The van der Waals surface area contributed by atoms with Gasteiger partial charge in [0.15, 0.2) is 0 Å². The number of likely N-dealkylation sites (N-methyl/N-ethyl adjacent to an activating group) is 1. The third kappa shape index (κ3) is 4.34. The topological polar surface area (TPSA) is 67.2 Å². The molecule has 0 aliphatic heterocycles. The van der Waals surface area contributed by atoms with Crippen molar-refractivity contribution < 1.29 is 9.59 Å². The highest BCUT2D eigenvalue weighted by molar-refractivity contribution is 5.94. The lowest BCUT2D eigenvalue weighted by molar-refractivity contribution is -0.133. The molecule has 0 saturated carbocycles. The number of benzene rings is 2. The van der Waals surface area contributed by atoms with Gasteiger partial charge in [-0.1, -0.05) is 36.8 Å². The number of hydrogen-bond donors (Lipinski definition) is 1. The summed E-state index contributed by atoms with van der Waals surface area (Å²) in [5.74, 6) is 0.509. The van der Waals surface area contributed by atoms with Gasteiger partial charge in [0.25, 0.3) is 0 Å². The Bertz CT molecular complexity index is 960. The number of fused-ring (bicyclic) bond motifs is 1. The summed E-state index contributed by atoms with van der Waals surface area (Å²) < 4.78 is 1.92. The maximum Gasteiger partial charge on any atom is 0.243 e. The molecule has 1 N–H and O–H groups in total. The second-order valence-corrected chi connectivity index (χ2v) is 6.62. The first-order valence-corrected chi connectivity index (χ1v) is 9.02. The van der Waals surface area contributed by atoms with Crippen LogP contribution in [0.5, 0.6) is 0 Å². The average molecular weight is 364 g/mol. The van der Waals surface area contributed by atoms with E-state index in [0.717, 1.165) is 34.5 Å². The van der Waals surface area contributed by atoms with Crippen molar-refractivity contribution in [2.45, 2.75) is 26.8 Å². The first-order valence-electron chi connectivity index (χ1n) is 9.02. The number of hydrogen-bond acceptors (Lipinski definition) is 3. The number of carbonyl (C=O) groups excluding carboxylic acids is 2. The first kappa shape index (κ1) is 18.6. The number of nitrogens with zero attached hydrogens (tertiary/aromatic N) is 3. The van der Waals surface area contributed by atoms with Crippen LogP contribution in [-0.2, 0) is 22.6 Å². The molecule has 0 fully saturated rings. The van der Waals surface area contributed by atoms with Gasteiger partial charge >= 0.3 is 0 Å². The van der Waals surface area contributed by atoms with Gasteiger partial charge in [-0.3, -0.25) is 9.59 Å². The largest absolute Gasteiger partial charge is 0.335 e. The van der Waals surface area contributed by atoms with Crippen LogP contribution in [0.15, 0.2) is 48.5 Å². The minimum atomic E-state index is -0.221. The van der Waals surface area contributed by atoms with Gasteiger partial charge in [-0.2, -0.15) is 0 Å². The fourth-order valence-electron chi connectivity index (χ4n) is 2.97. The maximum atomic E-state index is 12.7. The molecule has 0 saturated heterocycles. The van der Waals surface area contributed by atoms with Crippen molar-refractivity contribution in [1.29, 1.82) is 0 Å². The highest BCUT2D eigenvalue weighted by Crippen LogP contribution is 2.16. The molecule has 0 unspecified atom stereocenters. The summed E-state index contributed by atoms with van der Waals surface area (Å²) in [6, 6.07) is 15.3. The second kappa shape index (κ2) is 8.03. The molecule has 0 atom stereocenters. The third-order valence-electron chi connectivity index (χ3n) is 4.49. The third-order valence-corrected chi connectivity index (χ3v) is 4.49. The van der Waals surface area contributed by atoms with E-state index in [0.29, 0.717) is 0 Å². The van der Waals surface area contributed by atoms with E-state index in [1.807, 2.05) is 66.9 Å². The van der Waals surface area contributed by atoms with Crippen LogP contribution in [0.25, 0.3) is 11.0 Å². The summed E-state index contributed by atoms with van der Waals surface area (Å²) in [6.45, 7) is 4.17. The summed E-state index contributed by atoms with van der Waals surface area (Å²) in [5, 5.41) is 2.81. The zero-order valence-electron chi connectivity index (χ0n) is 15.9. The van der Waals surface area contributed by atoms with E-state index in [1.54, 1.807) is 7.05 Å². The molecule has 6 nitrogen and oxygen atoms in total. The quantitative estimate of drug-likeness (QED) is 0.731. The molecule has 6 heteroatoms. The molecule has 0 bridgehead atoms. The molecule has 0 aliphatic carbocycles. The molecular formula is C21H24N4O2. The normalized spacial score (nSPS) is 10.8. The van der Waals surface area contributed by atoms with E-state index in [2.05, 4.69) is 10.3 Å². The number of imidazole rings is 1. The molecule has 27 heavy (non-hydrogen) atoms. The first-order chi connectivity index (χ1) is 13.0. The van der Waals surface area contributed by atoms with Crippen molar-refractivity contribution in [1.82, 2.24) is 14.5 Å². The Morgan fingerprint density at radius 1 is 1.11 bits per heavy atom. The fraction of sp³-hybridized carbons (Fsp3) is 0.286. The number of nitrogens with one attached hydrogen (secondary N) is 1. The Hall–Kier alpha value is -3.15. The molecule has 2 amide bonds. The monoisotopic (exact) mass is 364 g/mol. The number of amides is 2. The van der Waals surface area contributed by atoms with Gasteiger partial charge in [0.05, 0.1) is 17.6 Å². The molecule has 1 aromatic heterocycles. The molecule has 3 rings (SSSR count). The van der Waals surface area contributed by atoms with Crippen LogP contribution in [0.2, 0.25) is 0 Å². The van der Waals surface area contributed by atoms with E-state index in [1.165, 1.54) is 4.90 Å². The minimum Gasteiger partial charge on any atom is -0.335 e. The lowest BCUT2D eigenvalue weighted by Gasteiger charge is -2.18. The van der Waals surface area contributed by atoms with Crippen LogP contribution in [-0.4, -0.2) is 39.9 Å². The number of rotatable bonds is 6. The minimum absolute atomic E-state index is 0.000791. The Morgan fingerprint density at radius 3 is 2.52 bits per heavy atom. The Kier molecular flexibility index (Phi) is 5.54. The van der Waals surface area contributed by atoms with Crippen molar-refractivity contribution in [2.24, 2.45) is 0 Å². The summed E-state index contributed by atoms with van der Waals surface area (Å²) in [5.41, 5.74) is 3.65. The zero-order chi connectivity index (χ0) is 19.4. The SMILES string of the molecule is CCc1nc2ccccc2n1CC(=O)N(C)CC(=O)Nc1ccc(C)cc1.